The fraction of sp³-hybridized carbons (Fsp3) is 0.455. The number of carbonyl (C=O) groups excluding carboxylic acids is 1. The molecule has 1 amide bonds. The Bertz CT molecular complexity index is 405. The first-order valence-electron chi connectivity index (χ1n) is 5.17. The fourth-order valence-corrected chi connectivity index (χ4v) is 2.88. The lowest BCUT2D eigenvalue weighted by atomic mass is 10.0. The molecular weight excluding hydrogens is 306 g/mol. The van der Waals surface area contributed by atoms with E-state index in [2.05, 4.69) is 15.9 Å². The van der Waals surface area contributed by atoms with E-state index in [-0.39, 0.29) is 5.92 Å². The normalized spacial score (nSPS) is 12.5. The van der Waals surface area contributed by atoms with Crippen LogP contribution in [0.2, 0.25) is 0 Å². The molecule has 0 bridgehead atoms. The summed E-state index contributed by atoms with van der Waals surface area (Å²) in [6.07, 6.45) is 1.02. The number of hydrogen-bond donors (Lipinski definition) is 1. The highest BCUT2D eigenvalue weighted by Crippen LogP contribution is 2.31. The fourth-order valence-electron chi connectivity index (χ4n) is 1.50. The smallest absolute Gasteiger partial charge is 0.326 e. The van der Waals surface area contributed by atoms with Gasteiger partial charge in [0.1, 0.15) is 6.04 Å². The van der Waals surface area contributed by atoms with Gasteiger partial charge in [-0.1, -0.05) is 13.8 Å². The van der Waals surface area contributed by atoms with E-state index in [9.17, 15) is 14.7 Å². The monoisotopic (exact) mass is 319 g/mol. The second kappa shape index (κ2) is 6.16. The van der Waals surface area contributed by atoms with Gasteiger partial charge in [-0.05, 0) is 40.4 Å². The highest BCUT2D eigenvalue weighted by molar-refractivity contribution is 9.11. The van der Waals surface area contributed by atoms with Crippen LogP contribution >= 0.6 is 27.3 Å². The van der Waals surface area contributed by atoms with E-state index in [1.807, 2.05) is 13.8 Å². The van der Waals surface area contributed by atoms with Crippen LogP contribution < -0.4 is 4.90 Å². The van der Waals surface area contributed by atoms with Crippen LogP contribution in [0.3, 0.4) is 0 Å². The standard InChI is InChI=1S/C11H14BrNO3S/c1-7(2)5-8(11(15)16)13(6-14)10-4-3-9(12)17-10/h3-4,6-8H,5H2,1-2H3,(H,15,16). The zero-order valence-corrected chi connectivity index (χ0v) is 12.0. The lowest BCUT2D eigenvalue weighted by molar-refractivity contribution is -0.139. The van der Waals surface area contributed by atoms with Crippen LogP contribution in [-0.4, -0.2) is 23.5 Å². The van der Waals surface area contributed by atoms with E-state index in [1.165, 1.54) is 16.2 Å². The van der Waals surface area contributed by atoms with Gasteiger partial charge in [-0.25, -0.2) is 4.79 Å². The summed E-state index contributed by atoms with van der Waals surface area (Å²) in [6, 6.07) is 2.72. The predicted octanol–water partition coefficient (Wildman–Crippen LogP) is 2.97. The van der Waals surface area contributed by atoms with Crippen LogP contribution in [0, 0.1) is 5.92 Å². The first-order valence-corrected chi connectivity index (χ1v) is 6.78. The second-order valence-electron chi connectivity index (χ2n) is 4.07. The summed E-state index contributed by atoms with van der Waals surface area (Å²) >= 11 is 4.64. The summed E-state index contributed by atoms with van der Waals surface area (Å²) in [5.74, 6) is -0.766. The number of rotatable bonds is 6. The van der Waals surface area contributed by atoms with Crippen LogP contribution in [0.5, 0.6) is 0 Å². The third kappa shape index (κ3) is 3.81. The Hall–Kier alpha value is -0.880. The number of aliphatic carboxylic acids is 1. The summed E-state index contributed by atoms with van der Waals surface area (Å²) in [5, 5.41) is 9.82. The van der Waals surface area contributed by atoms with Crippen molar-refractivity contribution in [1.29, 1.82) is 0 Å². The van der Waals surface area contributed by atoms with Gasteiger partial charge in [0.25, 0.3) is 0 Å². The number of carboxylic acid groups (broad SMARTS) is 1. The van der Waals surface area contributed by atoms with E-state index in [0.717, 1.165) is 3.79 Å². The molecule has 6 heteroatoms. The Morgan fingerprint density at radius 3 is 2.59 bits per heavy atom. The molecule has 0 spiro atoms. The van der Waals surface area contributed by atoms with Gasteiger partial charge >= 0.3 is 5.97 Å². The Morgan fingerprint density at radius 1 is 1.59 bits per heavy atom. The summed E-state index contributed by atoms with van der Waals surface area (Å²) < 4.78 is 0.869. The highest BCUT2D eigenvalue weighted by atomic mass is 79.9. The number of anilines is 1. The van der Waals surface area contributed by atoms with Crippen molar-refractivity contribution in [2.75, 3.05) is 4.90 Å². The summed E-state index contributed by atoms with van der Waals surface area (Å²) in [4.78, 5) is 23.6. The van der Waals surface area contributed by atoms with Crippen LogP contribution in [0.15, 0.2) is 15.9 Å². The largest absolute Gasteiger partial charge is 0.480 e. The molecule has 4 nitrogen and oxygen atoms in total. The molecule has 1 aromatic rings. The molecule has 1 aromatic heterocycles. The number of thiophene rings is 1. The Balaban J connectivity index is 2.96. The van der Waals surface area contributed by atoms with Crippen LogP contribution in [0.25, 0.3) is 0 Å². The van der Waals surface area contributed by atoms with E-state index in [4.69, 9.17) is 0 Å². The van der Waals surface area contributed by atoms with Gasteiger partial charge in [0, 0.05) is 0 Å². The van der Waals surface area contributed by atoms with E-state index >= 15 is 0 Å². The molecule has 0 aliphatic rings. The van der Waals surface area contributed by atoms with Crippen molar-refractivity contribution < 1.29 is 14.7 Å². The number of nitrogens with zero attached hydrogens (tertiary/aromatic N) is 1. The predicted molar refractivity (Wildman–Crippen MR) is 71.4 cm³/mol. The van der Waals surface area contributed by atoms with E-state index in [0.29, 0.717) is 17.8 Å². The number of amides is 1. The first-order chi connectivity index (χ1) is 7.95. The quantitative estimate of drug-likeness (QED) is 0.820. The second-order valence-corrected chi connectivity index (χ2v) is 6.52. The zero-order chi connectivity index (χ0) is 13.0. The SMILES string of the molecule is CC(C)CC(C(=O)O)N(C=O)c1ccc(Br)s1. The van der Waals surface area contributed by atoms with Gasteiger partial charge in [0.15, 0.2) is 0 Å². The van der Waals surface area contributed by atoms with Gasteiger partial charge in [-0.2, -0.15) is 0 Å². The van der Waals surface area contributed by atoms with Gasteiger partial charge in [0.2, 0.25) is 6.41 Å². The van der Waals surface area contributed by atoms with Crippen molar-refractivity contribution in [2.45, 2.75) is 26.3 Å². The molecule has 1 heterocycles. The van der Waals surface area contributed by atoms with Crippen LogP contribution in [-0.2, 0) is 9.59 Å². The maximum Gasteiger partial charge on any atom is 0.326 e. The average molecular weight is 320 g/mol. The molecule has 0 aliphatic heterocycles. The molecule has 1 N–H and O–H groups in total. The highest BCUT2D eigenvalue weighted by Gasteiger charge is 2.27. The Labute approximate surface area is 112 Å². The molecule has 0 aliphatic carbocycles. The number of carbonyl (C=O) groups is 2. The summed E-state index contributed by atoms with van der Waals surface area (Å²) in [7, 11) is 0. The minimum atomic E-state index is -0.977. The molecule has 0 saturated heterocycles. The molecule has 0 saturated carbocycles. The topological polar surface area (TPSA) is 57.6 Å². The van der Waals surface area contributed by atoms with Gasteiger partial charge in [0.05, 0.1) is 8.79 Å². The maximum atomic E-state index is 11.2. The number of hydrogen-bond acceptors (Lipinski definition) is 3. The van der Waals surface area contributed by atoms with Crippen molar-refractivity contribution in [1.82, 2.24) is 0 Å². The summed E-state index contributed by atoms with van der Waals surface area (Å²) in [5.41, 5.74) is 0. The minimum Gasteiger partial charge on any atom is -0.480 e. The third-order valence-corrected chi connectivity index (χ3v) is 3.88. The Kier molecular flexibility index (Phi) is 5.14. The van der Waals surface area contributed by atoms with Gasteiger partial charge in [-0.15, -0.1) is 11.3 Å². The number of halogens is 1. The molecule has 0 fully saturated rings. The van der Waals surface area contributed by atoms with Gasteiger partial charge < -0.3 is 5.11 Å². The minimum absolute atomic E-state index is 0.210. The molecule has 17 heavy (non-hydrogen) atoms. The molecule has 94 valence electrons. The van der Waals surface area contributed by atoms with Crippen molar-refractivity contribution in [3.8, 4) is 0 Å². The van der Waals surface area contributed by atoms with Crippen molar-refractivity contribution in [3.05, 3.63) is 15.9 Å². The molecule has 1 atom stereocenters. The Morgan fingerprint density at radius 2 is 2.24 bits per heavy atom. The number of carboxylic acids is 1. The molecule has 0 radical (unpaired) electrons. The molecule has 1 rings (SSSR count). The van der Waals surface area contributed by atoms with Crippen molar-refractivity contribution in [3.63, 3.8) is 0 Å². The third-order valence-electron chi connectivity index (χ3n) is 2.24. The lowest BCUT2D eigenvalue weighted by Crippen LogP contribution is -2.41. The molecular formula is C11H14BrNO3S. The van der Waals surface area contributed by atoms with Crippen LogP contribution in [0.4, 0.5) is 5.00 Å². The summed E-state index contributed by atoms with van der Waals surface area (Å²) in [6.45, 7) is 3.87. The first kappa shape index (κ1) is 14.2. The van der Waals surface area contributed by atoms with Crippen LogP contribution in [0.1, 0.15) is 20.3 Å². The molecule has 0 aromatic carbocycles. The maximum absolute atomic E-state index is 11.2. The van der Waals surface area contributed by atoms with Crippen molar-refractivity contribution in [2.24, 2.45) is 5.92 Å². The zero-order valence-electron chi connectivity index (χ0n) is 9.59. The van der Waals surface area contributed by atoms with E-state index in [1.54, 1.807) is 12.1 Å². The van der Waals surface area contributed by atoms with E-state index < -0.39 is 12.0 Å². The average Bonchev–Trinajstić information content (AvgIpc) is 2.64. The molecule has 1 unspecified atom stereocenters. The van der Waals surface area contributed by atoms with Gasteiger partial charge in [-0.3, -0.25) is 9.69 Å². The lowest BCUT2D eigenvalue weighted by Gasteiger charge is -2.24. The van der Waals surface area contributed by atoms with Crippen molar-refractivity contribution >= 4 is 44.6 Å².